The second-order valence-electron chi connectivity index (χ2n) is 6.76. The van der Waals surface area contributed by atoms with Crippen molar-refractivity contribution in [2.75, 3.05) is 4.90 Å². The maximum atomic E-state index is 4.77. The first-order chi connectivity index (χ1) is 10.3. The van der Waals surface area contributed by atoms with Gasteiger partial charge >= 0.3 is 0 Å². The second-order valence-corrected chi connectivity index (χ2v) is 7.55. The van der Waals surface area contributed by atoms with Gasteiger partial charge in [-0.1, -0.05) is 38.5 Å². The molecule has 0 radical (unpaired) electrons. The molecule has 0 aromatic carbocycles. The van der Waals surface area contributed by atoms with Crippen LogP contribution in [0.4, 0.5) is 5.82 Å². The van der Waals surface area contributed by atoms with Gasteiger partial charge in [-0.15, -0.1) is 0 Å². The van der Waals surface area contributed by atoms with Gasteiger partial charge in [-0.25, -0.2) is 4.98 Å². The highest BCUT2D eigenvalue weighted by molar-refractivity contribution is 9.10. The van der Waals surface area contributed by atoms with Crippen LogP contribution < -0.4 is 4.90 Å². The van der Waals surface area contributed by atoms with Crippen LogP contribution in [0, 0.1) is 6.92 Å². The number of anilines is 1. The van der Waals surface area contributed by atoms with E-state index in [2.05, 4.69) is 33.8 Å². The van der Waals surface area contributed by atoms with Crippen molar-refractivity contribution in [1.29, 1.82) is 0 Å². The Morgan fingerprint density at radius 2 is 1.48 bits per heavy atom. The summed E-state index contributed by atoms with van der Waals surface area (Å²) in [6, 6.07) is 3.51. The molecule has 0 bridgehead atoms. The minimum atomic E-state index is 0.701. The van der Waals surface area contributed by atoms with Gasteiger partial charge in [0, 0.05) is 18.3 Å². The summed E-state index contributed by atoms with van der Waals surface area (Å²) < 4.78 is 1.21. The summed E-state index contributed by atoms with van der Waals surface area (Å²) >= 11 is 3.81. The van der Waals surface area contributed by atoms with E-state index in [1.165, 1.54) is 80.1 Å². The van der Waals surface area contributed by atoms with E-state index in [0.29, 0.717) is 12.1 Å². The molecule has 1 aromatic heterocycles. The second kappa shape index (κ2) is 7.13. The Labute approximate surface area is 137 Å². The zero-order valence-electron chi connectivity index (χ0n) is 13.2. The van der Waals surface area contributed by atoms with Crippen LogP contribution in [-0.4, -0.2) is 17.1 Å². The molecule has 3 rings (SSSR count). The predicted octanol–water partition coefficient (Wildman–Crippen LogP) is 5.62. The number of aromatic nitrogens is 1. The van der Waals surface area contributed by atoms with Crippen LogP contribution in [0.3, 0.4) is 0 Å². The zero-order chi connectivity index (χ0) is 14.7. The third-order valence-electron chi connectivity index (χ3n) is 5.24. The molecule has 2 aliphatic rings. The van der Waals surface area contributed by atoms with Gasteiger partial charge in [0.2, 0.25) is 0 Å². The Morgan fingerprint density at radius 1 is 0.952 bits per heavy atom. The molecule has 116 valence electrons. The van der Waals surface area contributed by atoms with Crippen LogP contribution in [0.25, 0.3) is 0 Å². The van der Waals surface area contributed by atoms with E-state index in [4.69, 9.17) is 4.98 Å². The molecule has 2 aliphatic carbocycles. The molecule has 1 aromatic rings. The highest BCUT2D eigenvalue weighted by Crippen LogP contribution is 2.37. The Bertz CT molecular complexity index is 444. The summed E-state index contributed by atoms with van der Waals surface area (Å²) in [5.41, 5.74) is 1.30. The Kier molecular flexibility index (Phi) is 5.20. The summed E-state index contributed by atoms with van der Waals surface area (Å²) in [6.07, 6.45) is 15.7. The highest BCUT2D eigenvalue weighted by Gasteiger charge is 2.31. The smallest absolute Gasteiger partial charge is 0.143 e. The third-order valence-corrected chi connectivity index (χ3v) is 6.22. The first-order valence-electron chi connectivity index (χ1n) is 8.67. The van der Waals surface area contributed by atoms with E-state index >= 15 is 0 Å². The first-order valence-corrected chi connectivity index (χ1v) is 9.46. The van der Waals surface area contributed by atoms with Crippen molar-refractivity contribution in [3.8, 4) is 0 Å². The lowest BCUT2D eigenvalue weighted by Crippen LogP contribution is -2.46. The average molecular weight is 351 g/mol. The van der Waals surface area contributed by atoms with Crippen LogP contribution in [0.5, 0.6) is 0 Å². The molecule has 21 heavy (non-hydrogen) atoms. The molecule has 0 N–H and O–H groups in total. The molecule has 0 aliphatic heterocycles. The Hall–Kier alpha value is -0.570. The molecule has 2 saturated carbocycles. The number of halogens is 1. The van der Waals surface area contributed by atoms with Gasteiger partial charge in [-0.2, -0.15) is 0 Å². The van der Waals surface area contributed by atoms with Crippen molar-refractivity contribution in [2.45, 2.75) is 83.2 Å². The first kappa shape index (κ1) is 15.3. The maximum absolute atomic E-state index is 4.77. The Morgan fingerprint density at radius 3 is 2.00 bits per heavy atom. The fourth-order valence-corrected chi connectivity index (χ4v) is 4.51. The molecule has 0 amide bonds. The monoisotopic (exact) mass is 350 g/mol. The summed E-state index contributed by atoms with van der Waals surface area (Å²) in [4.78, 5) is 7.47. The fraction of sp³-hybridized carbons (Fsp3) is 0.722. The summed E-state index contributed by atoms with van der Waals surface area (Å²) in [5.74, 6) is 1.20. The number of nitrogens with zero attached hydrogens (tertiary/aromatic N) is 2. The number of pyridine rings is 1. The van der Waals surface area contributed by atoms with E-state index in [1.54, 1.807) is 0 Å². The molecule has 0 atom stereocenters. The zero-order valence-corrected chi connectivity index (χ0v) is 14.7. The van der Waals surface area contributed by atoms with Gasteiger partial charge < -0.3 is 4.90 Å². The van der Waals surface area contributed by atoms with Crippen LogP contribution >= 0.6 is 15.9 Å². The number of rotatable bonds is 3. The standard InChI is InChI=1S/C18H27BrN2/c1-14-12-13-20-18(17(14)19)21(15-8-4-2-5-9-15)16-10-6-3-7-11-16/h12-13,15-16H,2-11H2,1H3. The molecule has 1 heterocycles. The maximum Gasteiger partial charge on any atom is 0.143 e. The molecule has 0 saturated heterocycles. The van der Waals surface area contributed by atoms with Crippen LogP contribution in [0.2, 0.25) is 0 Å². The van der Waals surface area contributed by atoms with Gasteiger partial charge in [0.1, 0.15) is 5.82 Å². The molecule has 2 nitrogen and oxygen atoms in total. The van der Waals surface area contributed by atoms with Crippen LogP contribution in [0.1, 0.15) is 69.8 Å². The predicted molar refractivity (Wildman–Crippen MR) is 92.9 cm³/mol. The van der Waals surface area contributed by atoms with Crippen LogP contribution in [0.15, 0.2) is 16.7 Å². The highest BCUT2D eigenvalue weighted by atomic mass is 79.9. The van der Waals surface area contributed by atoms with E-state index in [1.807, 2.05) is 6.20 Å². The van der Waals surface area contributed by atoms with Gasteiger partial charge in [-0.05, 0) is 60.2 Å². The van der Waals surface area contributed by atoms with Gasteiger partial charge in [0.25, 0.3) is 0 Å². The average Bonchev–Trinajstić information content (AvgIpc) is 2.54. The van der Waals surface area contributed by atoms with Crippen molar-refractivity contribution >= 4 is 21.7 Å². The van der Waals surface area contributed by atoms with Gasteiger partial charge in [0.05, 0.1) is 4.47 Å². The van der Waals surface area contributed by atoms with Gasteiger partial charge in [-0.3, -0.25) is 0 Å². The minimum Gasteiger partial charge on any atom is -0.350 e. The van der Waals surface area contributed by atoms with Gasteiger partial charge in [0.15, 0.2) is 0 Å². The molecule has 2 fully saturated rings. The summed E-state index contributed by atoms with van der Waals surface area (Å²) in [7, 11) is 0. The van der Waals surface area contributed by atoms with Crippen molar-refractivity contribution in [3.05, 3.63) is 22.3 Å². The fourth-order valence-electron chi connectivity index (χ4n) is 4.07. The molecular weight excluding hydrogens is 324 g/mol. The lowest BCUT2D eigenvalue weighted by molar-refractivity contribution is 0.337. The molecule has 0 spiro atoms. The largest absolute Gasteiger partial charge is 0.350 e. The molecular formula is C18H27BrN2. The molecule has 3 heteroatoms. The lowest BCUT2D eigenvalue weighted by atomic mass is 9.88. The van der Waals surface area contributed by atoms with E-state index in [9.17, 15) is 0 Å². The number of aryl methyl sites for hydroxylation is 1. The van der Waals surface area contributed by atoms with Crippen LogP contribution in [-0.2, 0) is 0 Å². The van der Waals surface area contributed by atoms with Crippen molar-refractivity contribution in [1.82, 2.24) is 4.98 Å². The summed E-state index contributed by atoms with van der Waals surface area (Å²) in [6.45, 7) is 2.18. The number of hydrogen-bond acceptors (Lipinski definition) is 2. The van der Waals surface area contributed by atoms with E-state index in [0.717, 1.165) is 0 Å². The topological polar surface area (TPSA) is 16.1 Å². The molecule has 0 unspecified atom stereocenters. The van der Waals surface area contributed by atoms with Crippen molar-refractivity contribution in [3.63, 3.8) is 0 Å². The number of hydrogen-bond donors (Lipinski definition) is 0. The van der Waals surface area contributed by atoms with E-state index in [-0.39, 0.29) is 0 Å². The van der Waals surface area contributed by atoms with Crippen molar-refractivity contribution in [2.24, 2.45) is 0 Å². The van der Waals surface area contributed by atoms with E-state index < -0.39 is 0 Å². The normalized spacial score (nSPS) is 21.4. The Balaban J connectivity index is 1.91. The third kappa shape index (κ3) is 3.44. The SMILES string of the molecule is Cc1ccnc(N(C2CCCCC2)C2CCCCC2)c1Br. The lowest BCUT2D eigenvalue weighted by Gasteiger charge is -2.43. The van der Waals surface area contributed by atoms with Crippen molar-refractivity contribution < 1.29 is 0 Å². The summed E-state index contributed by atoms with van der Waals surface area (Å²) in [5, 5.41) is 0. The minimum absolute atomic E-state index is 0.701. The quantitative estimate of drug-likeness (QED) is 0.702.